The van der Waals surface area contributed by atoms with E-state index in [2.05, 4.69) is 10.3 Å². The third-order valence-corrected chi connectivity index (χ3v) is 8.29. The number of carbonyl (C=O) groups is 2. The van der Waals surface area contributed by atoms with E-state index in [1.807, 2.05) is 44.2 Å². The predicted molar refractivity (Wildman–Crippen MR) is 149 cm³/mol. The van der Waals surface area contributed by atoms with Gasteiger partial charge in [-0.15, -0.1) is 11.3 Å². The van der Waals surface area contributed by atoms with E-state index in [0.717, 1.165) is 29.7 Å². The molecule has 0 spiro atoms. The number of hydrogen-bond donors (Lipinski definition) is 2. The summed E-state index contributed by atoms with van der Waals surface area (Å²) in [6.07, 6.45) is 1.86. The zero-order valence-electron chi connectivity index (χ0n) is 22.0. The lowest BCUT2D eigenvalue weighted by molar-refractivity contribution is -0.124. The molecule has 1 fully saturated rings. The molecule has 10 heteroatoms. The fourth-order valence-electron chi connectivity index (χ4n) is 5.43. The number of anilines is 1. The molecule has 2 aliphatic rings. The van der Waals surface area contributed by atoms with Gasteiger partial charge in [0, 0.05) is 35.7 Å². The molecule has 1 saturated heterocycles. The first-order chi connectivity index (χ1) is 19.2. The minimum atomic E-state index is -0.969. The van der Waals surface area contributed by atoms with Crippen LogP contribution in [0.3, 0.4) is 0 Å². The van der Waals surface area contributed by atoms with Gasteiger partial charge in [-0.05, 0) is 37.1 Å². The molecule has 4 aromatic rings. The van der Waals surface area contributed by atoms with E-state index in [-0.39, 0.29) is 23.3 Å². The Balaban J connectivity index is 1.35. The molecule has 40 heavy (non-hydrogen) atoms. The van der Waals surface area contributed by atoms with Crippen LogP contribution < -0.4 is 10.1 Å². The fraction of sp³-hybridized carbons (Fsp3) is 0.267. The topological polar surface area (TPSA) is 105 Å². The highest BCUT2D eigenvalue weighted by atomic mass is 32.1. The summed E-state index contributed by atoms with van der Waals surface area (Å²) < 4.78 is 21.3. The summed E-state index contributed by atoms with van der Waals surface area (Å²) in [5, 5.41) is 14.2. The van der Waals surface area contributed by atoms with E-state index < -0.39 is 17.2 Å². The second kappa shape index (κ2) is 10.0. The number of nitrogens with zero attached hydrogens (tertiary/aromatic N) is 3. The molecule has 0 radical (unpaired) electrons. The molecule has 6 rings (SSSR count). The Bertz CT molecular complexity index is 1630. The number of rotatable bonds is 5. The van der Waals surface area contributed by atoms with Crippen molar-refractivity contribution in [3.63, 3.8) is 0 Å². The molecule has 0 bridgehead atoms. The van der Waals surface area contributed by atoms with Crippen molar-refractivity contribution in [3.8, 4) is 28.8 Å². The van der Waals surface area contributed by atoms with E-state index in [1.54, 1.807) is 17.0 Å². The molecule has 204 valence electrons. The smallest absolute Gasteiger partial charge is 0.256 e. The molecule has 1 atom stereocenters. The standard InChI is InChI=1S/C30H27FN4O4S/c1-30(2,28(38)34-29-33-24(36)16-40-29)25-19-7-3-4-8-23(19)39-26-20(25)11-12-22(32-26)17-9-10-18(21(31)15-17)27(37)35-13-5-6-14-35/h3-4,7-12,15-16,25,36H,5-6,13-14H2,1-2H3,(H,33,34,38)/t25-/m0/s1. The van der Waals surface area contributed by atoms with Gasteiger partial charge in [0.05, 0.1) is 22.1 Å². The van der Waals surface area contributed by atoms with E-state index in [1.165, 1.54) is 17.5 Å². The first-order valence-electron chi connectivity index (χ1n) is 13.1. The maximum Gasteiger partial charge on any atom is 0.256 e. The number of para-hydroxylation sites is 1. The highest BCUT2D eigenvalue weighted by molar-refractivity contribution is 7.14. The van der Waals surface area contributed by atoms with Crippen molar-refractivity contribution in [1.82, 2.24) is 14.9 Å². The maximum absolute atomic E-state index is 15.1. The SMILES string of the molecule is CC(C)(C(=O)Nc1nc(O)cs1)[C@H]1c2ccccc2Oc2nc(-c3ccc(C(=O)N4CCCC4)c(F)c3)ccc21. The van der Waals surface area contributed by atoms with Crippen LogP contribution in [-0.2, 0) is 4.79 Å². The van der Waals surface area contributed by atoms with Crippen LogP contribution >= 0.6 is 11.3 Å². The number of fused-ring (bicyclic) bond motifs is 2. The minimum absolute atomic E-state index is 0.0511. The van der Waals surface area contributed by atoms with Crippen LogP contribution in [0.15, 0.2) is 60.0 Å². The van der Waals surface area contributed by atoms with Crippen LogP contribution in [0.1, 0.15) is 54.1 Å². The van der Waals surface area contributed by atoms with E-state index >= 15 is 4.39 Å². The third kappa shape index (κ3) is 4.58. The molecule has 2 amide bonds. The van der Waals surface area contributed by atoms with E-state index in [0.29, 0.717) is 46.7 Å². The average Bonchev–Trinajstić information content (AvgIpc) is 3.63. The maximum atomic E-state index is 15.1. The van der Waals surface area contributed by atoms with Gasteiger partial charge < -0.3 is 20.1 Å². The molecule has 0 unspecified atom stereocenters. The van der Waals surface area contributed by atoms with Gasteiger partial charge in [0.2, 0.25) is 17.7 Å². The molecular formula is C30H27FN4O4S. The van der Waals surface area contributed by atoms with Crippen molar-refractivity contribution in [3.05, 3.63) is 82.5 Å². The molecular weight excluding hydrogens is 531 g/mol. The van der Waals surface area contributed by atoms with Gasteiger partial charge in [-0.1, -0.05) is 44.2 Å². The first kappa shape index (κ1) is 25.9. The molecule has 2 aromatic carbocycles. The van der Waals surface area contributed by atoms with E-state index in [9.17, 15) is 14.7 Å². The van der Waals surface area contributed by atoms with Gasteiger partial charge in [-0.25, -0.2) is 9.37 Å². The van der Waals surface area contributed by atoms with Crippen LogP contribution in [0.4, 0.5) is 9.52 Å². The van der Waals surface area contributed by atoms with Crippen LogP contribution in [0.25, 0.3) is 11.3 Å². The van der Waals surface area contributed by atoms with Gasteiger partial charge in [0.1, 0.15) is 11.6 Å². The number of benzene rings is 2. The number of likely N-dealkylation sites (tertiary alicyclic amines) is 1. The second-order valence-electron chi connectivity index (χ2n) is 10.5. The molecule has 2 aromatic heterocycles. The number of aromatic hydroxyl groups is 1. The Morgan fingerprint density at radius 3 is 2.58 bits per heavy atom. The number of halogens is 1. The van der Waals surface area contributed by atoms with Crippen molar-refractivity contribution >= 4 is 28.3 Å². The van der Waals surface area contributed by atoms with Crippen LogP contribution in [0.2, 0.25) is 0 Å². The number of carbonyl (C=O) groups excluding carboxylic acids is 2. The van der Waals surface area contributed by atoms with Crippen molar-refractivity contribution in [2.75, 3.05) is 18.4 Å². The van der Waals surface area contributed by atoms with E-state index in [4.69, 9.17) is 9.72 Å². The Hall–Kier alpha value is -4.31. The summed E-state index contributed by atoms with van der Waals surface area (Å²) >= 11 is 1.14. The second-order valence-corrected chi connectivity index (χ2v) is 11.4. The van der Waals surface area contributed by atoms with Crippen molar-refractivity contribution < 1.29 is 23.8 Å². The van der Waals surface area contributed by atoms with Gasteiger partial charge in [-0.3, -0.25) is 9.59 Å². The number of ether oxygens (including phenoxy) is 1. The highest BCUT2D eigenvalue weighted by Gasteiger charge is 2.44. The monoisotopic (exact) mass is 558 g/mol. The normalized spacial score (nSPS) is 16.2. The molecule has 8 nitrogen and oxygen atoms in total. The van der Waals surface area contributed by atoms with Crippen molar-refractivity contribution in [1.29, 1.82) is 0 Å². The molecule has 4 heterocycles. The van der Waals surface area contributed by atoms with Crippen LogP contribution in [0, 0.1) is 11.2 Å². The lowest BCUT2D eigenvalue weighted by Gasteiger charge is -2.37. The summed E-state index contributed by atoms with van der Waals surface area (Å²) in [6, 6.07) is 15.6. The summed E-state index contributed by atoms with van der Waals surface area (Å²) in [6.45, 7) is 4.97. The number of pyridine rings is 1. The first-order valence-corrected chi connectivity index (χ1v) is 13.9. The zero-order chi connectivity index (χ0) is 28.0. The van der Waals surface area contributed by atoms with Gasteiger partial charge in [0.15, 0.2) is 5.13 Å². The minimum Gasteiger partial charge on any atom is -0.493 e. The highest BCUT2D eigenvalue weighted by Crippen LogP contribution is 2.52. The Morgan fingerprint density at radius 2 is 1.85 bits per heavy atom. The number of amides is 2. The van der Waals surface area contributed by atoms with Gasteiger partial charge in [0.25, 0.3) is 5.91 Å². The zero-order valence-corrected chi connectivity index (χ0v) is 22.8. The summed E-state index contributed by atoms with van der Waals surface area (Å²) in [7, 11) is 0. The number of aromatic nitrogens is 2. The van der Waals surface area contributed by atoms with Crippen molar-refractivity contribution in [2.45, 2.75) is 32.6 Å². The van der Waals surface area contributed by atoms with Gasteiger partial charge in [-0.2, -0.15) is 4.98 Å². The quantitative estimate of drug-likeness (QED) is 0.303. The summed E-state index contributed by atoms with van der Waals surface area (Å²) in [4.78, 5) is 36.6. The lowest BCUT2D eigenvalue weighted by Crippen LogP contribution is -2.38. The predicted octanol–water partition coefficient (Wildman–Crippen LogP) is 6.19. The number of hydrogen-bond acceptors (Lipinski definition) is 7. The van der Waals surface area contributed by atoms with Crippen molar-refractivity contribution in [2.24, 2.45) is 5.41 Å². The molecule has 0 saturated carbocycles. The van der Waals surface area contributed by atoms with Gasteiger partial charge >= 0.3 is 0 Å². The molecule has 2 N–H and O–H groups in total. The third-order valence-electron chi connectivity index (χ3n) is 7.55. The van der Waals surface area contributed by atoms with Crippen LogP contribution in [-0.4, -0.2) is 44.9 Å². The van der Waals surface area contributed by atoms with Crippen LogP contribution in [0.5, 0.6) is 17.5 Å². The number of thiazole rings is 1. The Morgan fingerprint density at radius 1 is 1.07 bits per heavy atom. The summed E-state index contributed by atoms with van der Waals surface area (Å²) in [5.74, 6) is -0.831. The Labute approximate surface area is 234 Å². The number of nitrogens with one attached hydrogen (secondary N) is 1. The lowest BCUT2D eigenvalue weighted by atomic mass is 9.69. The summed E-state index contributed by atoms with van der Waals surface area (Å²) in [5.41, 5.74) is 1.63. The average molecular weight is 559 g/mol. The molecule has 0 aliphatic carbocycles. The largest absolute Gasteiger partial charge is 0.493 e. The fourth-order valence-corrected chi connectivity index (χ4v) is 5.99. The molecule has 2 aliphatic heterocycles. The Kier molecular flexibility index (Phi) is 6.50.